The molecular weight excluding hydrogens is 631 g/mol. The van der Waals surface area contributed by atoms with E-state index in [0.717, 1.165) is 77.4 Å². The van der Waals surface area contributed by atoms with Crippen LogP contribution in [0.15, 0.2) is 188 Å². The van der Waals surface area contributed by atoms with Gasteiger partial charge in [0.15, 0.2) is 0 Å². The van der Waals surface area contributed by atoms with Crippen molar-refractivity contribution in [2.75, 3.05) is 0 Å². The minimum Gasteiger partial charge on any atom is -0.247 e. The van der Waals surface area contributed by atoms with E-state index in [0.29, 0.717) is 0 Å². The molecule has 3 heteroatoms. The van der Waals surface area contributed by atoms with Crippen LogP contribution < -0.4 is 0 Å². The molecule has 0 fully saturated rings. The Morgan fingerprint density at radius 2 is 0.827 bits per heavy atom. The summed E-state index contributed by atoms with van der Waals surface area (Å²) in [5.74, 6) is 0. The zero-order valence-corrected chi connectivity index (χ0v) is 28.2. The zero-order chi connectivity index (χ0) is 34.4. The number of para-hydroxylation sites is 1. The molecule has 52 heavy (non-hydrogen) atoms. The monoisotopic (exact) mass is 661 g/mol. The van der Waals surface area contributed by atoms with E-state index in [2.05, 4.69) is 170 Å². The van der Waals surface area contributed by atoms with Crippen molar-refractivity contribution in [1.82, 2.24) is 15.0 Å². The van der Waals surface area contributed by atoms with Gasteiger partial charge in [0, 0.05) is 43.6 Å². The third-order valence-electron chi connectivity index (χ3n) is 10.0. The molecule has 3 aromatic heterocycles. The van der Waals surface area contributed by atoms with Gasteiger partial charge in [-0.25, -0.2) is 15.0 Å². The first kappa shape index (κ1) is 29.9. The largest absolute Gasteiger partial charge is 0.247 e. The molecule has 0 spiro atoms. The predicted octanol–water partition coefficient (Wildman–Crippen LogP) is 12.8. The van der Waals surface area contributed by atoms with Crippen LogP contribution in [-0.4, -0.2) is 15.0 Å². The minimum atomic E-state index is 0.911. The highest BCUT2D eigenvalue weighted by molar-refractivity contribution is 6.17. The Bertz CT molecular complexity index is 2930. The molecule has 10 rings (SSSR count). The van der Waals surface area contributed by atoms with Crippen LogP contribution in [0.25, 0.3) is 99.5 Å². The minimum absolute atomic E-state index is 0.911. The molecule has 0 bridgehead atoms. The molecular formula is C49H31N3. The summed E-state index contributed by atoms with van der Waals surface area (Å²) in [4.78, 5) is 15.6. The molecule has 3 nitrogen and oxygen atoms in total. The Labute approximate surface area is 301 Å². The van der Waals surface area contributed by atoms with Crippen molar-refractivity contribution < 1.29 is 0 Å². The van der Waals surface area contributed by atoms with Gasteiger partial charge >= 0.3 is 0 Å². The van der Waals surface area contributed by atoms with E-state index < -0.39 is 0 Å². The summed E-state index contributed by atoms with van der Waals surface area (Å²) in [6.07, 6.45) is 0. The summed E-state index contributed by atoms with van der Waals surface area (Å²) in [5, 5.41) is 5.64. The highest BCUT2D eigenvalue weighted by atomic mass is 14.8. The second-order valence-corrected chi connectivity index (χ2v) is 13.2. The molecule has 0 saturated carbocycles. The van der Waals surface area contributed by atoms with Crippen molar-refractivity contribution in [1.29, 1.82) is 0 Å². The maximum absolute atomic E-state index is 5.25. The molecule has 242 valence electrons. The molecule has 0 aliphatic rings. The Hall–Kier alpha value is -6.97. The zero-order valence-electron chi connectivity index (χ0n) is 28.2. The lowest BCUT2D eigenvalue weighted by molar-refractivity contribution is 1.36. The van der Waals surface area contributed by atoms with Crippen molar-refractivity contribution in [2.24, 2.45) is 0 Å². The highest BCUT2D eigenvalue weighted by Gasteiger charge is 2.16. The molecule has 7 aromatic carbocycles. The summed E-state index contributed by atoms with van der Waals surface area (Å²) in [5.41, 5.74) is 13.6. The van der Waals surface area contributed by atoms with Crippen molar-refractivity contribution >= 4 is 43.5 Å². The lowest BCUT2D eigenvalue weighted by Crippen LogP contribution is -1.93. The number of benzene rings is 7. The van der Waals surface area contributed by atoms with Gasteiger partial charge in [-0.2, -0.15) is 0 Å². The van der Waals surface area contributed by atoms with Crippen molar-refractivity contribution in [3.8, 4) is 56.0 Å². The Morgan fingerprint density at radius 1 is 0.308 bits per heavy atom. The van der Waals surface area contributed by atoms with Gasteiger partial charge in [0.2, 0.25) is 0 Å². The molecule has 0 unspecified atom stereocenters. The molecule has 10 aromatic rings. The van der Waals surface area contributed by atoms with Crippen LogP contribution in [0.3, 0.4) is 0 Å². The topological polar surface area (TPSA) is 38.7 Å². The molecule has 0 amide bonds. The summed E-state index contributed by atoms with van der Waals surface area (Å²) < 4.78 is 0. The van der Waals surface area contributed by atoms with Gasteiger partial charge in [-0.3, -0.25) is 0 Å². The van der Waals surface area contributed by atoms with E-state index in [-0.39, 0.29) is 0 Å². The second-order valence-electron chi connectivity index (χ2n) is 13.2. The highest BCUT2D eigenvalue weighted by Crippen LogP contribution is 2.40. The average Bonchev–Trinajstić information content (AvgIpc) is 3.23. The van der Waals surface area contributed by atoms with Crippen molar-refractivity contribution in [3.05, 3.63) is 188 Å². The molecule has 0 radical (unpaired) electrons. The number of nitrogens with zero attached hydrogens (tertiary/aromatic N) is 3. The summed E-state index contributed by atoms with van der Waals surface area (Å²) in [6.45, 7) is 0. The third-order valence-corrected chi connectivity index (χ3v) is 10.0. The fourth-order valence-corrected chi connectivity index (χ4v) is 7.46. The van der Waals surface area contributed by atoms with Crippen LogP contribution in [0.4, 0.5) is 0 Å². The van der Waals surface area contributed by atoms with Crippen LogP contribution in [0.5, 0.6) is 0 Å². The summed E-state index contributed by atoms with van der Waals surface area (Å²) >= 11 is 0. The standard InChI is InChI=1S/C49H31N3/c1-3-11-32(12-4-1)38-15-9-16-39(31-38)47-42-19-10-18-40(46(42)41-17-7-8-20-45(41)52-47)33-21-23-35(24-22-33)44-30-28-37-26-25-36-27-29-43(34-13-5-2-6-14-34)50-48(36)49(37)51-44/h1-31H. The SMILES string of the molecule is c1ccc(-c2cccc(-c3nc4ccccc4c4c(-c5ccc(-c6ccc7ccc8ccc(-c9ccccc9)nc8c7n6)cc5)cccc34)c2)cc1. The Kier molecular flexibility index (Phi) is 7.14. The normalized spacial score (nSPS) is 11.5. The quantitative estimate of drug-likeness (QED) is 0.172. The van der Waals surface area contributed by atoms with E-state index in [1.165, 1.54) is 22.1 Å². The molecule has 0 N–H and O–H groups in total. The fourth-order valence-electron chi connectivity index (χ4n) is 7.46. The van der Waals surface area contributed by atoms with Gasteiger partial charge in [0.25, 0.3) is 0 Å². The number of hydrogen-bond acceptors (Lipinski definition) is 3. The molecule has 0 aliphatic heterocycles. The first-order chi connectivity index (χ1) is 25.8. The van der Waals surface area contributed by atoms with E-state index in [1.54, 1.807) is 0 Å². The van der Waals surface area contributed by atoms with E-state index in [1.807, 2.05) is 18.2 Å². The number of aromatic nitrogens is 3. The average molecular weight is 662 g/mol. The van der Waals surface area contributed by atoms with Crippen molar-refractivity contribution in [3.63, 3.8) is 0 Å². The van der Waals surface area contributed by atoms with Gasteiger partial charge in [0.1, 0.15) is 0 Å². The summed E-state index contributed by atoms with van der Waals surface area (Å²) in [7, 11) is 0. The van der Waals surface area contributed by atoms with E-state index >= 15 is 0 Å². The van der Waals surface area contributed by atoms with Crippen LogP contribution in [0, 0.1) is 0 Å². The van der Waals surface area contributed by atoms with Gasteiger partial charge in [-0.1, -0.05) is 164 Å². The molecule has 0 aliphatic carbocycles. The second kappa shape index (κ2) is 12.4. The van der Waals surface area contributed by atoms with Crippen LogP contribution in [0.2, 0.25) is 0 Å². The third kappa shape index (κ3) is 5.19. The van der Waals surface area contributed by atoms with E-state index in [4.69, 9.17) is 15.0 Å². The molecule has 0 atom stereocenters. The smallest absolute Gasteiger partial charge is 0.0972 e. The van der Waals surface area contributed by atoms with Gasteiger partial charge in [-0.05, 0) is 46.5 Å². The van der Waals surface area contributed by atoms with Crippen LogP contribution in [-0.2, 0) is 0 Å². The van der Waals surface area contributed by atoms with Gasteiger partial charge in [0.05, 0.1) is 33.6 Å². The number of rotatable bonds is 5. The number of fused-ring (bicyclic) bond motifs is 6. The lowest BCUT2D eigenvalue weighted by Gasteiger charge is -2.15. The predicted molar refractivity (Wildman–Crippen MR) is 217 cm³/mol. The number of hydrogen-bond donors (Lipinski definition) is 0. The van der Waals surface area contributed by atoms with E-state index in [9.17, 15) is 0 Å². The Morgan fingerprint density at radius 3 is 1.54 bits per heavy atom. The molecule has 3 heterocycles. The molecule has 0 saturated heterocycles. The van der Waals surface area contributed by atoms with Gasteiger partial charge < -0.3 is 0 Å². The Balaban J connectivity index is 1.08. The number of pyridine rings is 3. The van der Waals surface area contributed by atoms with Crippen molar-refractivity contribution in [2.45, 2.75) is 0 Å². The first-order valence-electron chi connectivity index (χ1n) is 17.6. The first-order valence-corrected chi connectivity index (χ1v) is 17.6. The maximum Gasteiger partial charge on any atom is 0.0972 e. The maximum atomic E-state index is 5.25. The fraction of sp³-hybridized carbons (Fsp3) is 0. The lowest BCUT2D eigenvalue weighted by atomic mass is 9.92. The van der Waals surface area contributed by atoms with Crippen LogP contribution in [0.1, 0.15) is 0 Å². The van der Waals surface area contributed by atoms with Crippen LogP contribution >= 0.6 is 0 Å². The summed E-state index contributed by atoms with van der Waals surface area (Å²) in [6, 6.07) is 66.2. The van der Waals surface area contributed by atoms with Gasteiger partial charge in [-0.15, -0.1) is 0 Å².